The Hall–Kier alpha value is -0.160. The van der Waals surface area contributed by atoms with E-state index < -0.39 is 5.60 Å². The van der Waals surface area contributed by atoms with Gasteiger partial charge >= 0.3 is 0 Å². The normalized spacial score (nSPS) is 39.0. The van der Waals surface area contributed by atoms with Crippen LogP contribution in [0.4, 0.5) is 0 Å². The van der Waals surface area contributed by atoms with Gasteiger partial charge in [-0.2, -0.15) is 0 Å². The molecule has 4 atom stereocenters. The zero-order valence-corrected chi connectivity index (χ0v) is 11.1. The Morgan fingerprint density at radius 2 is 2.18 bits per heavy atom. The number of fused-ring (bicyclic) bond motifs is 1. The predicted molar refractivity (Wildman–Crippen MR) is 65.7 cm³/mol. The van der Waals surface area contributed by atoms with Crippen LogP contribution in [0.2, 0.25) is 0 Å². The maximum absolute atomic E-state index is 9.81. The summed E-state index contributed by atoms with van der Waals surface area (Å²) in [7, 11) is 0. The number of nitrogens with one attached hydrogen (secondary N) is 1. The molecule has 4 unspecified atom stereocenters. The van der Waals surface area contributed by atoms with Crippen LogP contribution in [-0.2, 0) is 4.74 Å². The van der Waals surface area contributed by atoms with Crippen molar-refractivity contribution in [1.82, 2.24) is 5.32 Å². The number of ether oxygens (including phenoxy) is 1. The third kappa shape index (κ3) is 2.36. The summed E-state index contributed by atoms with van der Waals surface area (Å²) < 4.78 is 5.83. The van der Waals surface area contributed by atoms with E-state index in [1.807, 2.05) is 0 Å². The van der Waals surface area contributed by atoms with Gasteiger partial charge in [0.1, 0.15) is 0 Å². The Bertz CT molecular complexity index is 278. The highest BCUT2D eigenvalue weighted by Crippen LogP contribution is 2.51. The van der Waals surface area contributed by atoms with E-state index in [0.717, 1.165) is 13.0 Å². The van der Waals surface area contributed by atoms with Crippen molar-refractivity contribution < 1.29 is 14.9 Å². The van der Waals surface area contributed by atoms with Gasteiger partial charge in [0.15, 0.2) is 0 Å². The van der Waals surface area contributed by atoms with Crippen molar-refractivity contribution in [1.29, 1.82) is 0 Å². The zero-order valence-electron chi connectivity index (χ0n) is 11.1. The van der Waals surface area contributed by atoms with Gasteiger partial charge in [0, 0.05) is 30.5 Å². The first-order valence-electron chi connectivity index (χ1n) is 6.57. The molecule has 1 aliphatic carbocycles. The number of aliphatic hydroxyl groups excluding tert-OH is 1. The van der Waals surface area contributed by atoms with Gasteiger partial charge in [0.2, 0.25) is 0 Å². The van der Waals surface area contributed by atoms with Gasteiger partial charge in [-0.25, -0.2) is 0 Å². The predicted octanol–water partition coefficient (Wildman–Crippen LogP) is 0.523. The third-order valence-corrected chi connectivity index (χ3v) is 4.37. The molecule has 2 aliphatic rings. The first-order chi connectivity index (χ1) is 7.88. The van der Waals surface area contributed by atoms with Gasteiger partial charge in [-0.3, -0.25) is 0 Å². The molecule has 0 aromatic carbocycles. The lowest BCUT2D eigenvalue weighted by atomic mass is 9.55. The topological polar surface area (TPSA) is 61.7 Å². The highest BCUT2D eigenvalue weighted by atomic mass is 16.5. The van der Waals surface area contributed by atoms with Gasteiger partial charge in [0.25, 0.3) is 0 Å². The standard InChI is InChI=1S/C13H25NO3/c1-12(2)10(14-7-13(3,16)8-15)9-5-4-6-17-11(9)12/h9-11,14-16H,4-8H2,1-3H3. The van der Waals surface area contributed by atoms with Crippen molar-refractivity contribution in [2.24, 2.45) is 11.3 Å². The van der Waals surface area contributed by atoms with Crippen LogP contribution in [0.25, 0.3) is 0 Å². The average molecular weight is 243 g/mol. The Morgan fingerprint density at radius 3 is 2.82 bits per heavy atom. The quantitative estimate of drug-likeness (QED) is 0.674. The Morgan fingerprint density at radius 1 is 1.47 bits per heavy atom. The minimum Gasteiger partial charge on any atom is -0.393 e. The highest BCUT2D eigenvalue weighted by molar-refractivity contribution is 5.10. The molecule has 4 nitrogen and oxygen atoms in total. The molecule has 2 rings (SSSR count). The molecule has 0 bridgehead atoms. The van der Waals surface area contributed by atoms with Crippen molar-refractivity contribution in [2.45, 2.75) is 51.4 Å². The van der Waals surface area contributed by atoms with E-state index in [4.69, 9.17) is 9.84 Å². The van der Waals surface area contributed by atoms with Crippen LogP contribution in [0.15, 0.2) is 0 Å². The monoisotopic (exact) mass is 243 g/mol. The van der Waals surface area contributed by atoms with E-state index in [0.29, 0.717) is 24.6 Å². The van der Waals surface area contributed by atoms with Crippen LogP contribution in [-0.4, -0.2) is 47.7 Å². The second kappa shape index (κ2) is 4.50. The van der Waals surface area contributed by atoms with E-state index in [2.05, 4.69) is 19.2 Å². The van der Waals surface area contributed by atoms with Crippen molar-refractivity contribution in [3.63, 3.8) is 0 Å². The van der Waals surface area contributed by atoms with E-state index in [1.54, 1.807) is 6.92 Å². The molecule has 100 valence electrons. The molecule has 1 heterocycles. The summed E-state index contributed by atoms with van der Waals surface area (Å²) in [5.41, 5.74) is -0.909. The summed E-state index contributed by atoms with van der Waals surface area (Å²) in [6.07, 6.45) is 2.69. The van der Waals surface area contributed by atoms with E-state index in [1.165, 1.54) is 6.42 Å². The second-order valence-corrected chi connectivity index (χ2v) is 6.43. The van der Waals surface area contributed by atoms with Crippen molar-refractivity contribution in [3.8, 4) is 0 Å². The van der Waals surface area contributed by atoms with E-state index in [9.17, 15) is 5.11 Å². The van der Waals surface area contributed by atoms with Crippen LogP contribution in [0.5, 0.6) is 0 Å². The van der Waals surface area contributed by atoms with Gasteiger partial charge < -0.3 is 20.3 Å². The first-order valence-corrected chi connectivity index (χ1v) is 6.57. The maximum atomic E-state index is 9.81. The molecule has 0 aromatic rings. The molecule has 0 radical (unpaired) electrons. The van der Waals surface area contributed by atoms with Crippen LogP contribution in [0.3, 0.4) is 0 Å². The molecular formula is C13H25NO3. The fraction of sp³-hybridized carbons (Fsp3) is 1.00. The van der Waals surface area contributed by atoms with Gasteiger partial charge in [-0.1, -0.05) is 13.8 Å². The second-order valence-electron chi connectivity index (χ2n) is 6.43. The summed E-state index contributed by atoms with van der Waals surface area (Å²) >= 11 is 0. The minimum atomic E-state index is -1.03. The Balaban J connectivity index is 1.92. The number of hydrogen-bond donors (Lipinski definition) is 3. The molecule has 1 aliphatic heterocycles. The van der Waals surface area contributed by atoms with Crippen LogP contribution in [0, 0.1) is 11.3 Å². The van der Waals surface area contributed by atoms with Crippen LogP contribution in [0.1, 0.15) is 33.6 Å². The summed E-state index contributed by atoms with van der Waals surface area (Å²) in [5.74, 6) is 0.563. The molecule has 2 fully saturated rings. The zero-order chi connectivity index (χ0) is 12.7. The van der Waals surface area contributed by atoms with E-state index in [-0.39, 0.29) is 12.0 Å². The van der Waals surface area contributed by atoms with Crippen molar-refractivity contribution >= 4 is 0 Å². The highest BCUT2D eigenvalue weighted by Gasteiger charge is 2.57. The van der Waals surface area contributed by atoms with Crippen LogP contribution < -0.4 is 5.32 Å². The summed E-state index contributed by atoms with van der Waals surface area (Å²) in [4.78, 5) is 0. The molecule has 0 aromatic heterocycles. The molecule has 17 heavy (non-hydrogen) atoms. The van der Waals surface area contributed by atoms with Gasteiger partial charge in [0.05, 0.1) is 18.3 Å². The summed E-state index contributed by atoms with van der Waals surface area (Å²) in [6, 6.07) is 0.380. The first kappa shape index (κ1) is 13.3. The van der Waals surface area contributed by atoms with E-state index >= 15 is 0 Å². The molecule has 3 N–H and O–H groups in total. The number of aliphatic hydroxyl groups is 2. The minimum absolute atomic E-state index is 0.122. The number of hydrogen-bond acceptors (Lipinski definition) is 4. The molecule has 4 heteroatoms. The fourth-order valence-corrected chi connectivity index (χ4v) is 3.32. The van der Waals surface area contributed by atoms with Gasteiger partial charge in [-0.05, 0) is 19.8 Å². The van der Waals surface area contributed by atoms with Crippen molar-refractivity contribution in [3.05, 3.63) is 0 Å². The third-order valence-electron chi connectivity index (χ3n) is 4.37. The lowest BCUT2D eigenvalue weighted by Gasteiger charge is -2.60. The SMILES string of the molecule is CC(O)(CO)CNC1C2CCCOC2C1(C)C. The number of rotatable bonds is 4. The van der Waals surface area contributed by atoms with Crippen molar-refractivity contribution in [2.75, 3.05) is 19.8 Å². The fourth-order valence-electron chi connectivity index (χ4n) is 3.32. The molecular weight excluding hydrogens is 218 g/mol. The maximum Gasteiger partial charge on any atom is 0.0972 e. The summed E-state index contributed by atoms with van der Waals surface area (Å²) in [5, 5.41) is 22.3. The molecule has 1 saturated heterocycles. The Labute approximate surface area is 103 Å². The molecule has 1 saturated carbocycles. The lowest BCUT2D eigenvalue weighted by Crippen LogP contribution is -2.70. The lowest BCUT2D eigenvalue weighted by molar-refractivity contribution is -0.195. The smallest absolute Gasteiger partial charge is 0.0972 e. The van der Waals surface area contributed by atoms with Crippen LogP contribution >= 0.6 is 0 Å². The molecule has 0 spiro atoms. The van der Waals surface area contributed by atoms with Gasteiger partial charge in [-0.15, -0.1) is 0 Å². The summed E-state index contributed by atoms with van der Waals surface area (Å²) in [6.45, 7) is 7.18. The average Bonchev–Trinajstić information content (AvgIpc) is 2.29. The molecule has 0 amide bonds. The largest absolute Gasteiger partial charge is 0.393 e. The Kier molecular flexibility index (Phi) is 3.51.